The normalized spacial score (nSPS) is 13.6. The van der Waals surface area contributed by atoms with Crippen LogP contribution in [0.2, 0.25) is 0 Å². The van der Waals surface area contributed by atoms with Crippen LogP contribution in [0.25, 0.3) is 5.69 Å². The lowest BCUT2D eigenvalue weighted by Gasteiger charge is -2.09. The Hall–Kier alpha value is -3.42. The van der Waals surface area contributed by atoms with Crippen molar-refractivity contribution in [3.63, 3.8) is 0 Å². The molecule has 0 saturated heterocycles. The van der Waals surface area contributed by atoms with Crippen molar-refractivity contribution in [1.82, 2.24) is 14.9 Å². The third kappa shape index (κ3) is 3.28. The van der Waals surface area contributed by atoms with E-state index in [0.717, 1.165) is 43.4 Å². The van der Waals surface area contributed by atoms with Crippen molar-refractivity contribution in [3.05, 3.63) is 58.7 Å². The molecule has 1 amide bonds. The van der Waals surface area contributed by atoms with E-state index in [1.54, 1.807) is 31.2 Å². The number of carboxylic acid groups (broad SMARTS) is 1. The Morgan fingerprint density at radius 2 is 2.04 bits per heavy atom. The van der Waals surface area contributed by atoms with Gasteiger partial charge in [-0.05, 0) is 44.4 Å². The van der Waals surface area contributed by atoms with Crippen LogP contribution in [0.1, 0.15) is 57.1 Å². The number of fused-ring (bicyclic) bond motifs is 1. The molecule has 2 aromatic heterocycles. The quantitative estimate of drug-likeness (QED) is 0.671. The van der Waals surface area contributed by atoms with E-state index in [1.165, 1.54) is 10.9 Å². The minimum absolute atomic E-state index is 0.139. The van der Waals surface area contributed by atoms with E-state index < -0.39 is 5.97 Å². The molecule has 2 N–H and O–H groups in total. The number of hydrogen-bond acceptors (Lipinski definition) is 5. The molecule has 0 aliphatic heterocycles. The lowest BCUT2D eigenvalue weighted by atomic mass is 10.1. The fourth-order valence-electron chi connectivity index (χ4n) is 3.53. The molecule has 0 spiro atoms. The van der Waals surface area contributed by atoms with Crippen LogP contribution < -0.4 is 5.32 Å². The number of carboxylic acids is 1. The lowest BCUT2D eigenvalue weighted by molar-refractivity contribution is 0.0696. The number of nitrogens with one attached hydrogen (secondary N) is 1. The zero-order valence-corrected chi connectivity index (χ0v) is 15.4. The van der Waals surface area contributed by atoms with Gasteiger partial charge in [0.15, 0.2) is 5.69 Å². The third-order valence-corrected chi connectivity index (χ3v) is 5.00. The summed E-state index contributed by atoms with van der Waals surface area (Å²) in [6.45, 7) is 1.69. The lowest BCUT2D eigenvalue weighted by Crippen LogP contribution is -2.15. The molecule has 1 aliphatic carbocycles. The first-order valence-corrected chi connectivity index (χ1v) is 9.21. The van der Waals surface area contributed by atoms with E-state index in [9.17, 15) is 14.7 Å². The predicted molar refractivity (Wildman–Crippen MR) is 101 cm³/mol. The molecule has 28 heavy (non-hydrogen) atoms. The van der Waals surface area contributed by atoms with Gasteiger partial charge in [-0.1, -0.05) is 17.6 Å². The minimum Gasteiger partial charge on any atom is -0.478 e. The molecule has 3 aromatic rings. The van der Waals surface area contributed by atoms with E-state index in [-0.39, 0.29) is 11.5 Å². The summed E-state index contributed by atoms with van der Waals surface area (Å²) in [4.78, 5) is 24.0. The van der Waals surface area contributed by atoms with Gasteiger partial charge < -0.3 is 14.9 Å². The number of rotatable bonds is 4. The van der Waals surface area contributed by atoms with E-state index >= 15 is 0 Å². The van der Waals surface area contributed by atoms with Crippen LogP contribution in [0.15, 0.2) is 35.0 Å². The summed E-state index contributed by atoms with van der Waals surface area (Å²) in [7, 11) is 0. The van der Waals surface area contributed by atoms with Gasteiger partial charge >= 0.3 is 5.97 Å². The zero-order chi connectivity index (χ0) is 19.7. The molecule has 8 heteroatoms. The Morgan fingerprint density at radius 3 is 2.82 bits per heavy atom. The number of hydrogen-bond donors (Lipinski definition) is 2. The van der Waals surface area contributed by atoms with E-state index in [0.29, 0.717) is 22.8 Å². The van der Waals surface area contributed by atoms with Gasteiger partial charge in [0.05, 0.1) is 17.6 Å². The molecule has 8 nitrogen and oxygen atoms in total. The first kappa shape index (κ1) is 18.0. The highest BCUT2D eigenvalue weighted by Gasteiger charge is 2.23. The molecule has 144 valence electrons. The Balaban J connectivity index is 1.58. The molecule has 0 saturated carbocycles. The van der Waals surface area contributed by atoms with Crippen molar-refractivity contribution in [2.75, 3.05) is 5.32 Å². The molecule has 1 aromatic carbocycles. The molecular weight excluding hydrogens is 360 g/mol. The highest BCUT2D eigenvalue weighted by atomic mass is 16.5. The number of carbonyl (C=O) groups excluding carboxylic acids is 1. The molecule has 0 fully saturated rings. The summed E-state index contributed by atoms with van der Waals surface area (Å²) in [5.74, 6) is -0.530. The zero-order valence-electron chi connectivity index (χ0n) is 15.4. The van der Waals surface area contributed by atoms with Crippen molar-refractivity contribution in [2.45, 2.75) is 39.0 Å². The Labute approximate surface area is 161 Å². The molecule has 0 radical (unpaired) electrons. The van der Waals surface area contributed by atoms with Gasteiger partial charge in [0.25, 0.3) is 5.91 Å². The maximum Gasteiger partial charge on any atom is 0.339 e. The van der Waals surface area contributed by atoms with Crippen LogP contribution in [0, 0.1) is 6.92 Å². The number of aromatic carboxylic acids is 1. The molecule has 0 atom stereocenters. The van der Waals surface area contributed by atoms with E-state index in [2.05, 4.69) is 15.6 Å². The largest absolute Gasteiger partial charge is 0.478 e. The first-order valence-electron chi connectivity index (χ1n) is 9.21. The summed E-state index contributed by atoms with van der Waals surface area (Å²) in [5.41, 5.74) is 3.12. The second-order valence-electron chi connectivity index (χ2n) is 6.86. The van der Waals surface area contributed by atoms with Crippen LogP contribution >= 0.6 is 0 Å². The molecule has 1 aliphatic rings. The van der Waals surface area contributed by atoms with E-state index in [1.807, 2.05) is 0 Å². The van der Waals surface area contributed by atoms with Crippen LogP contribution in [0.4, 0.5) is 5.69 Å². The average molecular weight is 380 g/mol. The Morgan fingerprint density at radius 1 is 1.21 bits per heavy atom. The molecule has 2 heterocycles. The van der Waals surface area contributed by atoms with Crippen molar-refractivity contribution in [1.29, 1.82) is 0 Å². The van der Waals surface area contributed by atoms with Crippen LogP contribution in [-0.2, 0) is 12.8 Å². The summed E-state index contributed by atoms with van der Waals surface area (Å²) in [5, 5.41) is 20.2. The number of benzene rings is 1. The number of amides is 1. The minimum atomic E-state index is -1.03. The smallest absolute Gasteiger partial charge is 0.339 e. The van der Waals surface area contributed by atoms with Crippen LogP contribution in [-0.4, -0.2) is 31.9 Å². The maximum absolute atomic E-state index is 12.7. The fourth-order valence-corrected chi connectivity index (χ4v) is 3.53. The third-order valence-electron chi connectivity index (χ3n) is 5.00. The monoisotopic (exact) mass is 380 g/mol. The summed E-state index contributed by atoms with van der Waals surface area (Å²) in [6, 6.07) is 7.07. The van der Waals surface area contributed by atoms with Crippen molar-refractivity contribution < 1.29 is 19.2 Å². The van der Waals surface area contributed by atoms with Gasteiger partial charge in [-0.15, -0.1) is 0 Å². The Bertz CT molecular complexity index is 1050. The SMILES string of the molecule is Cc1c(C(=O)O)cnn1-c1cccc(NC(=O)c2noc3c2CCCCC3)c1. The second-order valence-corrected chi connectivity index (χ2v) is 6.86. The number of aryl methyl sites for hydroxylation is 1. The fraction of sp³-hybridized carbons (Fsp3) is 0.300. The van der Waals surface area contributed by atoms with Crippen molar-refractivity contribution >= 4 is 17.6 Å². The summed E-state index contributed by atoms with van der Waals surface area (Å²) in [6.07, 6.45) is 6.12. The summed E-state index contributed by atoms with van der Waals surface area (Å²) < 4.78 is 6.91. The van der Waals surface area contributed by atoms with Crippen molar-refractivity contribution in [2.24, 2.45) is 0 Å². The average Bonchev–Trinajstić information content (AvgIpc) is 3.18. The number of anilines is 1. The number of aromatic nitrogens is 3. The standard InChI is InChI=1S/C20H20N4O4/c1-12-16(20(26)27)11-21-24(12)14-7-5-6-13(10-14)22-19(25)18-15-8-3-2-4-9-17(15)28-23-18/h5-7,10-11H,2-4,8-9H2,1H3,(H,22,25)(H,26,27). The molecule has 0 bridgehead atoms. The van der Waals surface area contributed by atoms with Gasteiger partial charge in [-0.3, -0.25) is 4.79 Å². The van der Waals surface area contributed by atoms with Gasteiger partial charge in [0.2, 0.25) is 0 Å². The predicted octanol–water partition coefficient (Wildman–Crippen LogP) is 3.39. The van der Waals surface area contributed by atoms with Gasteiger partial charge in [0, 0.05) is 17.7 Å². The highest BCUT2D eigenvalue weighted by Crippen LogP contribution is 2.25. The molecular formula is C20H20N4O4. The highest BCUT2D eigenvalue weighted by molar-refractivity contribution is 6.04. The topological polar surface area (TPSA) is 110 Å². The summed E-state index contributed by atoms with van der Waals surface area (Å²) >= 11 is 0. The molecule has 4 rings (SSSR count). The van der Waals surface area contributed by atoms with Gasteiger partial charge in [0.1, 0.15) is 11.3 Å². The van der Waals surface area contributed by atoms with Crippen LogP contribution in [0.5, 0.6) is 0 Å². The maximum atomic E-state index is 12.7. The van der Waals surface area contributed by atoms with Crippen LogP contribution in [0.3, 0.4) is 0 Å². The number of carbonyl (C=O) groups is 2. The second kappa shape index (κ2) is 7.30. The van der Waals surface area contributed by atoms with Gasteiger partial charge in [-0.2, -0.15) is 5.10 Å². The Kier molecular flexibility index (Phi) is 4.68. The van der Waals surface area contributed by atoms with E-state index in [4.69, 9.17) is 4.52 Å². The van der Waals surface area contributed by atoms with Crippen molar-refractivity contribution in [3.8, 4) is 5.69 Å². The van der Waals surface area contributed by atoms with Gasteiger partial charge in [-0.25, -0.2) is 9.48 Å². The first-order chi connectivity index (χ1) is 13.5. The number of nitrogens with zero attached hydrogens (tertiary/aromatic N) is 3. The molecule has 0 unspecified atom stereocenters.